The first-order valence-corrected chi connectivity index (χ1v) is 7.48. The van der Waals surface area contributed by atoms with E-state index in [1.807, 2.05) is 0 Å². The summed E-state index contributed by atoms with van der Waals surface area (Å²) in [5.74, 6) is -2.65. The summed E-state index contributed by atoms with van der Waals surface area (Å²) in [4.78, 5) is 11.4. The summed E-state index contributed by atoms with van der Waals surface area (Å²) < 4.78 is 15.5. The second-order valence-corrected chi connectivity index (χ2v) is 6.21. The fourth-order valence-corrected chi connectivity index (χ4v) is 3.27. The Morgan fingerprint density at radius 2 is 1.54 bits per heavy atom. The first-order valence-electron chi connectivity index (χ1n) is 7.48. The topological polar surface area (TPSA) is 190 Å². The number of aliphatic carboxylic acids is 1. The molecule has 1 aliphatic carbocycles. The number of epoxide rings is 1. The standard InChI is InChI=1S/C13H20O11/c14-1-2-4(15)5(16)8(19)13(22-2)24-9-3(12(20)21)10-11(23-10)7(18)6(9)17/h2-11,13-19H,1H2,(H,20,21). The average molecular weight is 352 g/mol. The van der Waals surface area contributed by atoms with E-state index in [1.54, 1.807) is 0 Å². The number of carbonyl (C=O) groups is 1. The van der Waals surface area contributed by atoms with Crippen LogP contribution in [0.3, 0.4) is 0 Å². The lowest BCUT2D eigenvalue weighted by Crippen LogP contribution is -2.62. The Balaban J connectivity index is 1.78. The number of rotatable bonds is 4. The third-order valence-corrected chi connectivity index (χ3v) is 4.72. The van der Waals surface area contributed by atoms with Crippen molar-refractivity contribution in [3.05, 3.63) is 0 Å². The molecule has 3 rings (SSSR count). The highest BCUT2D eigenvalue weighted by molar-refractivity contribution is 5.72. The zero-order valence-corrected chi connectivity index (χ0v) is 12.3. The molecule has 11 unspecified atom stereocenters. The van der Waals surface area contributed by atoms with Gasteiger partial charge in [-0.3, -0.25) is 4.79 Å². The molecule has 2 aliphatic heterocycles. The van der Waals surface area contributed by atoms with Crippen LogP contribution in [0.15, 0.2) is 0 Å². The van der Waals surface area contributed by atoms with E-state index in [1.165, 1.54) is 0 Å². The smallest absolute Gasteiger partial charge is 0.312 e. The number of ether oxygens (including phenoxy) is 3. The van der Waals surface area contributed by atoms with E-state index in [0.717, 1.165) is 0 Å². The SMILES string of the molecule is O=C(O)C1C(OC2OC(CO)C(O)C(O)C2O)C(O)C(O)C2OC21. The lowest BCUT2D eigenvalue weighted by atomic mass is 9.82. The molecule has 0 aromatic heterocycles. The lowest BCUT2D eigenvalue weighted by Gasteiger charge is -2.43. The van der Waals surface area contributed by atoms with Crippen LogP contribution < -0.4 is 0 Å². The minimum absolute atomic E-state index is 0.684. The van der Waals surface area contributed by atoms with Crippen LogP contribution >= 0.6 is 0 Å². The van der Waals surface area contributed by atoms with Crippen LogP contribution in [0.2, 0.25) is 0 Å². The van der Waals surface area contributed by atoms with Crippen LogP contribution in [0.25, 0.3) is 0 Å². The molecule has 11 heteroatoms. The van der Waals surface area contributed by atoms with Crippen LogP contribution in [-0.2, 0) is 19.0 Å². The van der Waals surface area contributed by atoms with Crippen LogP contribution in [-0.4, -0.2) is 110 Å². The molecule has 2 heterocycles. The van der Waals surface area contributed by atoms with Crippen molar-refractivity contribution in [3.63, 3.8) is 0 Å². The number of carboxylic acid groups (broad SMARTS) is 1. The molecule has 3 aliphatic rings. The summed E-state index contributed by atoms with van der Waals surface area (Å²) >= 11 is 0. The van der Waals surface area contributed by atoms with Crippen LogP contribution in [0, 0.1) is 5.92 Å². The van der Waals surface area contributed by atoms with Gasteiger partial charge < -0.3 is 50.0 Å². The minimum Gasteiger partial charge on any atom is -0.481 e. The van der Waals surface area contributed by atoms with Crippen LogP contribution in [0.5, 0.6) is 0 Å². The molecule has 0 spiro atoms. The normalized spacial score (nSPS) is 54.2. The molecule has 0 aromatic rings. The molecule has 0 radical (unpaired) electrons. The van der Waals surface area contributed by atoms with E-state index in [-0.39, 0.29) is 0 Å². The Labute approximate surface area is 135 Å². The van der Waals surface area contributed by atoms with E-state index in [2.05, 4.69) is 0 Å². The van der Waals surface area contributed by atoms with Gasteiger partial charge in [-0.2, -0.15) is 0 Å². The Kier molecular flexibility index (Phi) is 4.81. The molecular weight excluding hydrogens is 332 g/mol. The van der Waals surface area contributed by atoms with E-state index in [9.17, 15) is 35.4 Å². The second-order valence-electron chi connectivity index (χ2n) is 6.21. The van der Waals surface area contributed by atoms with Crippen LogP contribution in [0.1, 0.15) is 0 Å². The van der Waals surface area contributed by atoms with Crippen molar-refractivity contribution in [2.24, 2.45) is 5.92 Å². The predicted octanol–water partition coefficient (Wildman–Crippen LogP) is -4.62. The van der Waals surface area contributed by atoms with Gasteiger partial charge in [-0.25, -0.2) is 0 Å². The largest absolute Gasteiger partial charge is 0.481 e. The highest BCUT2D eigenvalue weighted by Gasteiger charge is 2.64. The van der Waals surface area contributed by atoms with Gasteiger partial charge in [0.2, 0.25) is 0 Å². The maximum Gasteiger partial charge on any atom is 0.312 e. The van der Waals surface area contributed by atoms with E-state index in [0.29, 0.717) is 0 Å². The lowest BCUT2D eigenvalue weighted by molar-refractivity contribution is -0.324. The molecule has 2 saturated heterocycles. The van der Waals surface area contributed by atoms with Crippen molar-refractivity contribution < 1.29 is 54.8 Å². The maximum atomic E-state index is 11.4. The van der Waals surface area contributed by atoms with E-state index < -0.39 is 79.7 Å². The highest BCUT2D eigenvalue weighted by Crippen LogP contribution is 2.43. The molecule has 0 amide bonds. The molecule has 0 aromatic carbocycles. The molecule has 11 nitrogen and oxygen atoms in total. The number of aliphatic hydroxyl groups is 6. The van der Waals surface area contributed by atoms with Gasteiger partial charge >= 0.3 is 5.97 Å². The zero-order valence-electron chi connectivity index (χ0n) is 12.3. The highest BCUT2D eigenvalue weighted by atomic mass is 16.7. The molecule has 7 N–H and O–H groups in total. The number of aliphatic hydroxyl groups excluding tert-OH is 6. The first-order chi connectivity index (χ1) is 11.3. The second kappa shape index (κ2) is 6.44. The number of fused-ring (bicyclic) bond motifs is 1. The third-order valence-electron chi connectivity index (χ3n) is 4.72. The minimum atomic E-state index is -1.75. The van der Waals surface area contributed by atoms with Crippen LogP contribution in [0.4, 0.5) is 0 Å². The molecule has 138 valence electrons. The predicted molar refractivity (Wildman–Crippen MR) is 70.4 cm³/mol. The molecule has 0 bridgehead atoms. The first kappa shape index (κ1) is 17.9. The van der Waals surface area contributed by atoms with Gasteiger partial charge in [0.25, 0.3) is 0 Å². The van der Waals surface area contributed by atoms with Crippen molar-refractivity contribution in [2.45, 2.75) is 61.2 Å². The summed E-state index contributed by atoms with van der Waals surface area (Å²) in [6.07, 6.45) is -14.1. The van der Waals surface area contributed by atoms with Gasteiger partial charge in [0.15, 0.2) is 6.29 Å². The summed E-state index contributed by atoms with van der Waals surface area (Å²) in [6.45, 7) is -0.684. The van der Waals surface area contributed by atoms with Crippen molar-refractivity contribution >= 4 is 5.97 Å². The van der Waals surface area contributed by atoms with Gasteiger partial charge in [-0.1, -0.05) is 0 Å². The van der Waals surface area contributed by atoms with E-state index in [4.69, 9.17) is 19.3 Å². The number of hydrogen-bond acceptors (Lipinski definition) is 10. The van der Waals surface area contributed by atoms with Gasteiger partial charge in [-0.05, 0) is 0 Å². The zero-order chi connectivity index (χ0) is 17.8. The van der Waals surface area contributed by atoms with Gasteiger partial charge in [-0.15, -0.1) is 0 Å². The monoisotopic (exact) mass is 352 g/mol. The van der Waals surface area contributed by atoms with Crippen molar-refractivity contribution in [1.82, 2.24) is 0 Å². The Morgan fingerprint density at radius 1 is 0.875 bits per heavy atom. The van der Waals surface area contributed by atoms with Crippen molar-refractivity contribution in [3.8, 4) is 0 Å². The summed E-state index contributed by atoms with van der Waals surface area (Å²) in [5, 5.41) is 67.8. The van der Waals surface area contributed by atoms with Crippen molar-refractivity contribution in [2.75, 3.05) is 6.61 Å². The fraction of sp³-hybridized carbons (Fsp3) is 0.923. The average Bonchev–Trinajstić information content (AvgIpc) is 3.32. The Bertz CT molecular complexity index is 485. The number of carboxylic acids is 1. The van der Waals surface area contributed by atoms with Gasteiger partial charge in [0.1, 0.15) is 60.9 Å². The summed E-state index contributed by atoms with van der Waals surface area (Å²) in [6, 6.07) is 0. The van der Waals surface area contributed by atoms with Gasteiger partial charge in [0.05, 0.1) is 6.61 Å². The molecule has 24 heavy (non-hydrogen) atoms. The third kappa shape index (κ3) is 2.81. The quantitative estimate of drug-likeness (QED) is 0.241. The Hall–Kier alpha value is -0.890. The van der Waals surface area contributed by atoms with Crippen molar-refractivity contribution in [1.29, 1.82) is 0 Å². The maximum absolute atomic E-state index is 11.4. The Morgan fingerprint density at radius 3 is 2.12 bits per heavy atom. The van der Waals surface area contributed by atoms with E-state index >= 15 is 0 Å². The molecule has 11 atom stereocenters. The number of hydrogen-bond donors (Lipinski definition) is 7. The molecule has 1 saturated carbocycles. The fourth-order valence-electron chi connectivity index (χ4n) is 3.27. The summed E-state index contributed by atoms with van der Waals surface area (Å²) in [5.41, 5.74) is 0. The molecule has 3 fully saturated rings. The summed E-state index contributed by atoms with van der Waals surface area (Å²) in [7, 11) is 0. The molecular formula is C13H20O11. The van der Waals surface area contributed by atoms with Gasteiger partial charge in [0, 0.05) is 0 Å².